The molecule has 0 aliphatic rings. The maximum absolute atomic E-state index is 9.89. The predicted octanol–water partition coefficient (Wildman–Crippen LogP) is 2.22. The molecule has 0 aliphatic carbocycles. The lowest BCUT2D eigenvalue weighted by Gasteiger charge is -1.90. The number of hydrogen-bond donors (Lipinski definition) is 0. The Hall–Kier alpha value is 0.770. The van der Waals surface area contributed by atoms with Gasteiger partial charge in [0.05, 0.1) is 0 Å². The maximum Gasteiger partial charge on any atom is 0.379 e. The highest BCUT2D eigenvalue weighted by Gasteiger charge is 2.08. The number of halogens is 2. The van der Waals surface area contributed by atoms with Crippen molar-refractivity contribution in [3.05, 3.63) is 0 Å². The molecule has 0 heterocycles. The molecule has 0 spiro atoms. The van der Waals surface area contributed by atoms with E-state index < -0.39 is 6.07 Å². The van der Waals surface area contributed by atoms with E-state index in [1.807, 2.05) is 0 Å². The largest absolute Gasteiger partial charge is 0.379 e. The Bertz CT molecular complexity index is 75.6. The Morgan fingerprint density at radius 3 is 1.83 bits per heavy atom. The Morgan fingerprint density at radius 1 is 1.67 bits per heavy atom. The molecule has 0 aromatic rings. The smallest absolute Gasteiger partial charge is 0.310 e. The molecule has 0 radical (unpaired) electrons. The highest BCUT2D eigenvalue weighted by molar-refractivity contribution is 8.05. The molecule has 0 bridgehead atoms. The van der Waals surface area contributed by atoms with Crippen molar-refractivity contribution in [1.82, 2.24) is 0 Å². The average molecular weight is 151 g/mol. The fourth-order valence-corrected chi connectivity index (χ4v) is 0. The van der Waals surface area contributed by atoms with E-state index in [1.54, 1.807) is 0 Å². The van der Waals surface area contributed by atoms with Gasteiger partial charge in [0.1, 0.15) is 0 Å². The third-order valence-corrected chi connectivity index (χ3v) is 1.47. The molecule has 0 rings (SSSR count). The molecule has 0 N–H and O–H groups in total. The van der Waals surface area contributed by atoms with Gasteiger partial charge in [-0.1, -0.05) is 0 Å². The van der Waals surface area contributed by atoms with Crippen molar-refractivity contribution in [2.75, 3.05) is 7.11 Å². The second-order valence-corrected chi connectivity index (χ2v) is 4.98. The third-order valence-electron chi connectivity index (χ3n) is 0.213. The highest BCUT2D eigenvalue weighted by atomic mass is 35.9. The first-order valence-electron chi connectivity index (χ1n) is 1.11. The van der Waals surface area contributed by atoms with Crippen LogP contribution in [-0.4, -0.2) is 7.11 Å². The molecular weight excluding hydrogens is 148 g/mol. The molecular formula is CH3Cl2O2P. The minimum Gasteiger partial charge on any atom is -0.310 e. The van der Waals surface area contributed by atoms with Crippen LogP contribution < -0.4 is 0 Å². The van der Waals surface area contributed by atoms with Crippen LogP contribution in [0.2, 0.25) is 0 Å². The van der Waals surface area contributed by atoms with E-state index in [0.29, 0.717) is 0 Å². The summed E-state index contributed by atoms with van der Waals surface area (Å²) in [6.07, 6.45) is -3.20. The number of hydrogen-bond acceptors (Lipinski definition) is 2. The normalized spacial score (nSPS) is 11.8. The van der Waals surface area contributed by atoms with Crippen molar-refractivity contribution >= 4 is 28.6 Å². The first kappa shape index (κ1) is 6.77. The average Bonchev–Trinajstić information content (AvgIpc) is 1.35. The molecule has 0 atom stereocenters. The topological polar surface area (TPSA) is 26.3 Å². The zero-order valence-electron chi connectivity index (χ0n) is 3.02. The van der Waals surface area contributed by atoms with Gasteiger partial charge in [-0.25, -0.2) is 0 Å². The fourth-order valence-electron chi connectivity index (χ4n) is 0. The van der Waals surface area contributed by atoms with Crippen LogP contribution in [0.5, 0.6) is 0 Å². The Kier molecular flexibility index (Phi) is 2.45. The minimum absolute atomic E-state index is 1.18. The van der Waals surface area contributed by atoms with E-state index in [2.05, 4.69) is 4.52 Å². The lowest BCUT2D eigenvalue weighted by atomic mass is 11.8. The zero-order valence-corrected chi connectivity index (χ0v) is 5.43. The first-order valence-corrected chi connectivity index (χ1v) is 4.55. The SMILES string of the molecule is C[17O]P(=[17O])(Cl)Cl. The summed E-state index contributed by atoms with van der Waals surface area (Å²) in [5, 5.41) is 0. The van der Waals surface area contributed by atoms with Crippen LogP contribution in [0.4, 0.5) is 0 Å². The molecule has 0 fully saturated rings. The standard InChI is InChI=1S/CH3Cl2O2P/c1-5-6(2,3)4/h1H3/i4+1,5+1. The Morgan fingerprint density at radius 2 is 1.83 bits per heavy atom. The minimum atomic E-state index is -3.20. The molecule has 0 amide bonds. The van der Waals surface area contributed by atoms with Gasteiger partial charge in [0, 0.05) is 7.11 Å². The summed E-state index contributed by atoms with van der Waals surface area (Å²) in [6, 6.07) is 0. The van der Waals surface area contributed by atoms with E-state index in [4.69, 9.17) is 22.5 Å². The van der Waals surface area contributed by atoms with E-state index in [9.17, 15) is 4.57 Å². The highest BCUT2D eigenvalue weighted by Crippen LogP contribution is 2.56. The van der Waals surface area contributed by atoms with E-state index in [-0.39, 0.29) is 0 Å². The van der Waals surface area contributed by atoms with Gasteiger partial charge in [-0.05, 0) is 22.5 Å². The fraction of sp³-hybridized carbons (Fsp3) is 1.00. The maximum atomic E-state index is 9.89. The summed E-state index contributed by atoms with van der Waals surface area (Å²) in [7, 11) is 1.18. The number of rotatable bonds is 1. The van der Waals surface area contributed by atoms with Crippen molar-refractivity contribution in [2.24, 2.45) is 0 Å². The van der Waals surface area contributed by atoms with Crippen molar-refractivity contribution in [3.8, 4) is 0 Å². The van der Waals surface area contributed by atoms with Crippen LogP contribution in [-0.2, 0) is 9.09 Å². The van der Waals surface area contributed by atoms with Crippen LogP contribution in [0.25, 0.3) is 0 Å². The van der Waals surface area contributed by atoms with Crippen LogP contribution >= 0.6 is 28.6 Å². The summed E-state index contributed by atoms with van der Waals surface area (Å²) in [4.78, 5) is 0. The zero-order chi connectivity index (χ0) is 5.21. The van der Waals surface area contributed by atoms with E-state index in [1.165, 1.54) is 7.11 Å². The van der Waals surface area contributed by atoms with Crippen molar-refractivity contribution in [3.63, 3.8) is 0 Å². The Balaban J connectivity index is 3.48. The van der Waals surface area contributed by atoms with Gasteiger partial charge in [0.2, 0.25) is 0 Å². The molecule has 5 heteroatoms. The summed E-state index contributed by atoms with van der Waals surface area (Å²) >= 11 is 9.63. The van der Waals surface area contributed by atoms with Gasteiger partial charge < -0.3 is 4.52 Å². The van der Waals surface area contributed by atoms with E-state index >= 15 is 0 Å². The van der Waals surface area contributed by atoms with Gasteiger partial charge in [-0.15, -0.1) is 0 Å². The molecule has 0 saturated heterocycles. The van der Waals surface area contributed by atoms with Crippen LogP contribution in [0.15, 0.2) is 0 Å². The molecule has 38 valence electrons. The second-order valence-electron chi connectivity index (χ2n) is 0.597. The summed E-state index contributed by atoms with van der Waals surface area (Å²) in [5.41, 5.74) is 0. The second kappa shape index (κ2) is 2.17. The Labute approximate surface area is 45.4 Å². The lowest BCUT2D eigenvalue weighted by molar-refractivity contribution is 0.422. The van der Waals surface area contributed by atoms with Gasteiger partial charge >= 0.3 is 6.07 Å². The quantitative estimate of drug-likeness (QED) is 0.537. The van der Waals surface area contributed by atoms with Crippen molar-refractivity contribution in [2.45, 2.75) is 0 Å². The van der Waals surface area contributed by atoms with Gasteiger partial charge in [0.15, 0.2) is 0 Å². The molecule has 0 aliphatic heterocycles. The molecule has 0 unspecified atom stereocenters. The van der Waals surface area contributed by atoms with Gasteiger partial charge in [0.25, 0.3) is 0 Å². The lowest BCUT2D eigenvalue weighted by Crippen LogP contribution is -1.59. The summed E-state index contributed by atoms with van der Waals surface area (Å²) < 4.78 is 13.9. The molecule has 2 nitrogen and oxygen atoms in total. The van der Waals surface area contributed by atoms with Gasteiger partial charge in [-0.3, -0.25) is 4.57 Å². The van der Waals surface area contributed by atoms with Crippen LogP contribution in [0.3, 0.4) is 0 Å². The van der Waals surface area contributed by atoms with Crippen molar-refractivity contribution in [1.29, 1.82) is 0 Å². The predicted molar refractivity (Wildman–Crippen MR) is 26.3 cm³/mol. The monoisotopic (exact) mass is 150 g/mol. The van der Waals surface area contributed by atoms with Gasteiger partial charge in [-0.2, -0.15) is 0 Å². The van der Waals surface area contributed by atoms with Crippen LogP contribution in [0, 0.1) is 0 Å². The van der Waals surface area contributed by atoms with E-state index in [0.717, 1.165) is 0 Å². The molecule has 6 heavy (non-hydrogen) atoms. The van der Waals surface area contributed by atoms with Crippen molar-refractivity contribution < 1.29 is 9.09 Å². The third kappa shape index (κ3) is 4.77. The van der Waals surface area contributed by atoms with Crippen LogP contribution in [0.1, 0.15) is 0 Å². The summed E-state index contributed by atoms with van der Waals surface area (Å²) in [5.74, 6) is 0. The molecule has 0 saturated carbocycles. The first-order chi connectivity index (χ1) is 2.56. The molecule has 0 aromatic carbocycles. The molecule has 0 aromatic heterocycles. The summed E-state index contributed by atoms with van der Waals surface area (Å²) in [6.45, 7) is 0.